The quantitative estimate of drug-likeness (QED) is 0.565. The Bertz CT molecular complexity index is 271. The van der Waals surface area contributed by atoms with Crippen LogP contribution in [0.5, 0.6) is 0 Å². The van der Waals surface area contributed by atoms with Gasteiger partial charge in [0.05, 0.1) is 6.10 Å². The molecule has 1 aliphatic heterocycles. The second kappa shape index (κ2) is 5.66. The van der Waals surface area contributed by atoms with E-state index in [0.717, 1.165) is 0 Å². The van der Waals surface area contributed by atoms with Crippen LogP contribution in [-0.4, -0.2) is 52.9 Å². The van der Waals surface area contributed by atoms with Crippen molar-refractivity contribution in [2.24, 2.45) is 5.92 Å². The summed E-state index contributed by atoms with van der Waals surface area (Å²) in [6.07, 6.45) is 0.173. The molecule has 2 unspecified atom stereocenters. The molecule has 7 nitrogen and oxygen atoms in total. The zero-order valence-corrected chi connectivity index (χ0v) is 9.05. The Morgan fingerprint density at radius 1 is 1.56 bits per heavy atom. The number of aliphatic hydroxyl groups is 1. The summed E-state index contributed by atoms with van der Waals surface area (Å²) in [5, 5.41) is 17.8. The first-order valence-electron chi connectivity index (χ1n) is 5.07. The maximum absolute atomic E-state index is 11.4. The van der Waals surface area contributed by atoms with Crippen molar-refractivity contribution in [3.05, 3.63) is 0 Å². The first-order valence-corrected chi connectivity index (χ1v) is 5.07. The van der Waals surface area contributed by atoms with Crippen LogP contribution < -0.4 is 5.48 Å². The van der Waals surface area contributed by atoms with Crippen molar-refractivity contribution >= 4 is 12.0 Å². The van der Waals surface area contributed by atoms with Gasteiger partial charge in [0.1, 0.15) is 0 Å². The molecule has 0 radical (unpaired) electrons. The van der Waals surface area contributed by atoms with Crippen molar-refractivity contribution < 1.29 is 24.6 Å². The van der Waals surface area contributed by atoms with Crippen LogP contribution in [-0.2, 0) is 9.63 Å². The summed E-state index contributed by atoms with van der Waals surface area (Å²) in [6, 6.07) is -0.521. The number of hydroxylamine groups is 1. The highest BCUT2D eigenvalue weighted by molar-refractivity contribution is 5.73. The minimum Gasteiger partial charge on any atom is -0.479 e. The SMILES string of the molecule is CC1CCN(C(=O)NOCC(=O)O)CC1O. The van der Waals surface area contributed by atoms with Crippen LogP contribution in [0.3, 0.4) is 0 Å². The highest BCUT2D eigenvalue weighted by Crippen LogP contribution is 2.16. The number of carboxylic acids is 1. The topological polar surface area (TPSA) is 99.1 Å². The molecule has 0 aromatic carbocycles. The van der Waals surface area contributed by atoms with E-state index in [-0.39, 0.29) is 12.5 Å². The average Bonchev–Trinajstić information content (AvgIpc) is 2.21. The summed E-state index contributed by atoms with van der Waals surface area (Å²) in [6.45, 7) is 2.10. The molecule has 1 aliphatic rings. The molecule has 1 saturated heterocycles. The maximum atomic E-state index is 11.4. The zero-order valence-electron chi connectivity index (χ0n) is 9.05. The molecule has 2 atom stereocenters. The molecule has 0 aliphatic carbocycles. The summed E-state index contributed by atoms with van der Waals surface area (Å²) in [7, 11) is 0. The molecule has 3 N–H and O–H groups in total. The second-order valence-electron chi connectivity index (χ2n) is 3.87. The van der Waals surface area contributed by atoms with Crippen LogP contribution in [0.25, 0.3) is 0 Å². The summed E-state index contributed by atoms with van der Waals surface area (Å²) in [4.78, 5) is 27.4. The molecular weight excluding hydrogens is 216 g/mol. The Hall–Kier alpha value is -1.34. The fraction of sp³-hybridized carbons (Fsp3) is 0.778. The Labute approximate surface area is 92.9 Å². The van der Waals surface area contributed by atoms with Crippen molar-refractivity contribution in [2.45, 2.75) is 19.4 Å². The normalized spacial score (nSPS) is 25.2. The summed E-state index contributed by atoms with van der Waals surface area (Å²) < 4.78 is 0. The van der Waals surface area contributed by atoms with Gasteiger partial charge in [-0.25, -0.2) is 15.1 Å². The molecule has 0 bridgehead atoms. The third-order valence-electron chi connectivity index (χ3n) is 2.56. The van der Waals surface area contributed by atoms with Crippen molar-refractivity contribution in [3.8, 4) is 0 Å². The number of β-amino-alcohol motifs (C(OH)–C–C–N with tert-alkyl or cyclic N) is 1. The van der Waals surface area contributed by atoms with Gasteiger partial charge in [0.2, 0.25) is 0 Å². The van der Waals surface area contributed by atoms with Crippen molar-refractivity contribution in [2.75, 3.05) is 19.7 Å². The lowest BCUT2D eigenvalue weighted by molar-refractivity contribution is -0.144. The largest absolute Gasteiger partial charge is 0.479 e. The predicted molar refractivity (Wildman–Crippen MR) is 53.5 cm³/mol. The van der Waals surface area contributed by atoms with E-state index in [1.807, 2.05) is 12.4 Å². The smallest absolute Gasteiger partial charge is 0.341 e. The van der Waals surface area contributed by atoms with E-state index < -0.39 is 24.7 Å². The van der Waals surface area contributed by atoms with Gasteiger partial charge in [0, 0.05) is 13.1 Å². The average molecular weight is 232 g/mol. The molecule has 1 heterocycles. The molecular formula is C9H16N2O5. The number of amides is 2. The summed E-state index contributed by atoms with van der Waals surface area (Å²) in [5.41, 5.74) is 2.01. The number of aliphatic hydroxyl groups excluding tert-OH is 1. The van der Waals surface area contributed by atoms with Gasteiger partial charge < -0.3 is 15.1 Å². The number of piperidine rings is 1. The molecule has 0 aromatic rings. The Morgan fingerprint density at radius 2 is 2.25 bits per heavy atom. The van der Waals surface area contributed by atoms with Crippen LogP contribution in [0.15, 0.2) is 0 Å². The van der Waals surface area contributed by atoms with Crippen LogP contribution in [0.1, 0.15) is 13.3 Å². The highest BCUT2D eigenvalue weighted by atomic mass is 16.7. The second-order valence-corrected chi connectivity index (χ2v) is 3.87. The van der Waals surface area contributed by atoms with Crippen molar-refractivity contribution in [3.63, 3.8) is 0 Å². The molecule has 0 aromatic heterocycles. The predicted octanol–water partition coefficient (Wildman–Crippen LogP) is -0.585. The minimum absolute atomic E-state index is 0.170. The van der Waals surface area contributed by atoms with Gasteiger partial charge in [-0.1, -0.05) is 6.92 Å². The van der Waals surface area contributed by atoms with E-state index in [1.165, 1.54) is 4.90 Å². The first-order chi connectivity index (χ1) is 7.50. The van der Waals surface area contributed by atoms with E-state index in [4.69, 9.17) is 5.11 Å². The third kappa shape index (κ3) is 3.67. The maximum Gasteiger partial charge on any atom is 0.341 e. The Morgan fingerprint density at radius 3 is 2.81 bits per heavy atom. The lowest BCUT2D eigenvalue weighted by Crippen LogP contribution is -2.49. The van der Waals surface area contributed by atoms with Gasteiger partial charge in [-0.15, -0.1) is 0 Å². The lowest BCUT2D eigenvalue weighted by Gasteiger charge is -2.33. The molecule has 0 spiro atoms. The number of carbonyl (C=O) groups excluding carboxylic acids is 1. The number of urea groups is 1. The Kier molecular flexibility index (Phi) is 4.51. The number of nitrogens with one attached hydrogen (secondary N) is 1. The van der Waals surface area contributed by atoms with Crippen LogP contribution in [0.4, 0.5) is 4.79 Å². The number of hydrogen-bond donors (Lipinski definition) is 3. The molecule has 7 heteroatoms. The molecule has 16 heavy (non-hydrogen) atoms. The van der Waals surface area contributed by atoms with Crippen molar-refractivity contribution in [1.82, 2.24) is 10.4 Å². The van der Waals surface area contributed by atoms with E-state index in [2.05, 4.69) is 4.84 Å². The fourth-order valence-electron chi connectivity index (χ4n) is 1.46. The van der Waals surface area contributed by atoms with E-state index >= 15 is 0 Å². The minimum atomic E-state index is -1.16. The van der Waals surface area contributed by atoms with Gasteiger partial charge in [0.25, 0.3) is 0 Å². The van der Waals surface area contributed by atoms with Gasteiger partial charge in [-0.05, 0) is 12.3 Å². The number of likely N-dealkylation sites (tertiary alicyclic amines) is 1. The first kappa shape index (κ1) is 12.7. The van der Waals surface area contributed by atoms with Gasteiger partial charge >= 0.3 is 12.0 Å². The van der Waals surface area contributed by atoms with E-state index in [0.29, 0.717) is 13.0 Å². The number of carboxylic acid groups (broad SMARTS) is 1. The van der Waals surface area contributed by atoms with Crippen LogP contribution in [0, 0.1) is 5.92 Å². The summed E-state index contributed by atoms with van der Waals surface area (Å²) in [5.74, 6) is -0.989. The fourth-order valence-corrected chi connectivity index (χ4v) is 1.46. The molecule has 1 rings (SSSR count). The highest BCUT2D eigenvalue weighted by Gasteiger charge is 2.27. The number of rotatable bonds is 3. The van der Waals surface area contributed by atoms with Crippen molar-refractivity contribution in [1.29, 1.82) is 0 Å². The summed E-state index contributed by atoms with van der Waals surface area (Å²) >= 11 is 0. The standard InChI is InChI=1S/C9H16N2O5/c1-6-2-3-11(4-7(6)12)9(15)10-16-5-8(13)14/h6-7,12H,2-5H2,1H3,(H,10,15)(H,13,14). The van der Waals surface area contributed by atoms with E-state index in [9.17, 15) is 14.7 Å². The van der Waals surface area contributed by atoms with Gasteiger partial charge in [-0.2, -0.15) is 0 Å². The Balaban J connectivity index is 2.29. The molecule has 2 amide bonds. The number of aliphatic carboxylic acids is 1. The van der Waals surface area contributed by atoms with Gasteiger partial charge in [0.15, 0.2) is 6.61 Å². The zero-order chi connectivity index (χ0) is 12.1. The van der Waals surface area contributed by atoms with Gasteiger partial charge in [-0.3, -0.25) is 4.84 Å². The molecule has 0 saturated carbocycles. The molecule has 92 valence electrons. The molecule has 1 fully saturated rings. The lowest BCUT2D eigenvalue weighted by atomic mass is 9.96. The number of hydrogen-bond acceptors (Lipinski definition) is 4. The number of carbonyl (C=O) groups is 2. The van der Waals surface area contributed by atoms with Crippen LogP contribution in [0.2, 0.25) is 0 Å². The third-order valence-corrected chi connectivity index (χ3v) is 2.56. The number of nitrogens with zero attached hydrogens (tertiary/aromatic N) is 1. The van der Waals surface area contributed by atoms with Crippen LogP contribution >= 0.6 is 0 Å². The van der Waals surface area contributed by atoms with E-state index in [1.54, 1.807) is 0 Å². The monoisotopic (exact) mass is 232 g/mol.